The van der Waals surface area contributed by atoms with Gasteiger partial charge in [-0.25, -0.2) is 4.39 Å². The lowest BCUT2D eigenvalue weighted by atomic mass is 10.0. The largest absolute Gasteiger partial charge is 0.355 e. The van der Waals surface area contributed by atoms with E-state index in [0.29, 0.717) is 55.7 Å². The number of carbonyl (C=O) groups excluding carboxylic acids is 5. The van der Waals surface area contributed by atoms with Gasteiger partial charge < -0.3 is 20.4 Å². The molecule has 4 rings (SSSR count). The fourth-order valence-corrected chi connectivity index (χ4v) is 6.06. The second-order valence-corrected chi connectivity index (χ2v) is 12.1. The van der Waals surface area contributed by atoms with Crippen molar-refractivity contribution < 1.29 is 28.4 Å². The molecule has 4 amide bonds. The lowest BCUT2D eigenvalue weighted by Crippen LogP contribution is -2.55. The molecule has 44 heavy (non-hydrogen) atoms. The van der Waals surface area contributed by atoms with Gasteiger partial charge in [0.05, 0.1) is 23.4 Å². The van der Waals surface area contributed by atoms with Gasteiger partial charge in [-0.05, 0) is 70.1 Å². The predicted octanol–water partition coefficient (Wildman–Crippen LogP) is 2.57. The van der Waals surface area contributed by atoms with Crippen LogP contribution >= 0.6 is 0 Å². The number of benzene rings is 1. The average molecular weight is 611 g/mol. The van der Waals surface area contributed by atoms with Crippen LogP contribution in [0.5, 0.6) is 0 Å². The fourth-order valence-electron chi connectivity index (χ4n) is 6.06. The SMILES string of the molecule is CC(=O)c1c(C)nn(CCC(=O)N2CC(=O)NCCCc3ccc(F)c(c3)C(=O)N3CCC[C@H]3C(=O)N[C@H](C(C)C)C2)c1C. The van der Waals surface area contributed by atoms with E-state index < -0.39 is 23.8 Å². The van der Waals surface area contributed by atoms with E-state index in [1.54, 1.807) is 24.6 Å². The van der Waals surface area contributed by atoms with Crippen molar-refractivity contribution in [3.63, 3.8) is 0 Å². The molecule has 1 aromatic carbocycles. The molecule has 2 N–H and O–H groups in total. The molecule has 12 heteroatoms. The normalized spacial score (nSPS) is 20.3. The minimum atomic E-state index is -0.767. The average Bonchev–Trinajstić information content (AvgIpc) is 3.57. The van der Waals surface area contributed by atoms with Gasteiger partial charge in [-0.3, -0.25) is 28.7 Å². The summed E-state index contributed by atoms with van der Waals surface area (Å²) < 4.78 is 16.4. The fraction of sp³-hybridized carbons (Fsp3) is 0.562. The number of rotatable bonds is 5. The van der Waals surface area contributed by atoms with Crippen LogP contribution in [0.4, 0.5) is 4.39 Å². The summed E-state index contributed by atoms with van der Waals surface area (Å²) in [6.45, 7) is 9.63. The Labute approximate surface area is 257 Å². The highest BCUT2D eigenvalue weighted by Crippen LogP contribution is 2.23. The first-order chi connectivity index (χ1) is 20.9. The van der Waals surface area contributed by atoms with Crippen molar-refractivity contribution in [3.05, 3.63) is 52.1 Å². The van der Waals surface area contributed by atoms with Crippen LogP contribution in [0, 0.1) is 25.6 Å². The van der Waals surface area contributed by atoms with Crippen LogP contribution in [0.25, 0.3) is 0 Å². The Balaban J connectivity index is 1.58. The molecule has 2 atom stereocenters. The van der Waals surface area contributed by atoms with E-state index in [4.69, 9.17) is 0 Å². The van der Waals surface area contributed by atoms with E-state index in [1.165, 1.54) is 28.9 Å². The van der Waals surface area contributed by atoms with Gasteiger partial charge in [0.1, 0.15) is 11.9 Å². The molecule has 1 fully saturated rings. The highest BCUT2D eigenvalue weighted by Gasteiger charge is 2.37. The molecule has 2 aliphatic heterocycles. The number of nitrogens with one attached hydrogen (secondary N) is 2. The van der Waals surface area contributed by atoms with Crippen LogP contribution in [0.1, 0.15) is 84.1 Å². The third kappa shape index (κ3) is 7.51. The summed E-state index contributed by atoms with van der Waals surface area (Å²) in [6.07, 6.45) is 2.15. The lowest BCUT2D eigenvalue weighted by molar-refractivity contribution is -0.137. The minimum Gasteiger partial charge on any atom is -0.355 e. The molecule has 11 nitrogen and oxygen atoms in total. The summed E-state index contributed by atoms with van der Waals surface area (Å²) in [7, 11) is 0. The Kier molecular flexibility index (Phi) is 10.5. The smallest absolute Gasteiger partial charge is 0.257 e. The van der Waals surface area contributed by atoms with Crippen LogP contribution in [0.15, 0.2) is 18.2 Å². The lowest BCUT2D eigenvalue weighted by Gasteiger charge is -2.32. The monoisotopic (exact) mass is 610 g/mol. The maximum Gasteiger partial charge on any atom is 0.257 e. The molecule has 0 spiro atoms. The Morgan fingerprint density at radius 1 is 1.14 bits per heavy atom. The summed E-state index contributed by atoms with van der Waals surface area (Å²) in [5.74, 6) is -2.35. The van der Waals surface area contributed by atoms with E-state index >= 15 is 0 Å². The Bertz CT molecular complexity index is 1440. The van der Waals surface area contributed by atoms with E-state index in [0.717, 1.165) is 5.56 Å². The summed E-state index contributed by atoms with van der Waals surface area (Å²) in [5.41, 5.74) is 2.50. The summed E-state index contributed by atoms with van der Waals surface area (Å²) >= 11 is 0. The number of aryl methyl sites for hydroxylation is 3. The first-order valence-corrected chi connectivity index (χ1v) is 15.4. The van der Waals surface area contributed by atoms with Crippen molar-refractivity contribution in [3.8, 4) is 0 Å². The number of Topliss-reactive ketones (excluding diaryl/α,β-unsaturated/α-hetero) is 1. The van der Waals surface area contributed by atoms with Gasteiger partial charge >= 0.3 is 0 Å². The van der Waals surface area contributed by atoms with Crippen molar-refractivity contribution in [2.45, 2.75) is 85.4 Å². The van der Waals surface area contributed by atoms with Crippen LogP contribution in [0.3, 0.4) is 0 Å². The summed E-state index contributed by atoms with van der Waals surface area (Å²) in [6, 6.07) is 3.14. The van der Waals surface area contributed by atoms with Gasteiger partial charge in [-0.15, -0.1) is 0 Å². The molecular weight excluding hydrogens is 567 g/mol. The maximum atomic E-state index is 14.8. The number of halogens is 1. The molecule has 238 valence electrons. The molecule has 2 bridgehead atoms. The molecule has 0 radical (unpaired) electrons. The molecule has 3 heterocycles. The Morgan fingerprint density at radius 2 is 1.89 bits per heavy atom. The highest BCUT2D eigenvalue weighted by molar-refractivity contribution is 5.98. The highest BCUT2D eigenvalue weighted by atomic mass is 19.1. The number of amides is 4. The standard InChI is InChI=1S/C32H43FN6O5/c1-19(2)26-17-37(29(42)12-15-39-21(4)30(22(5)40)20(3)36-39)18-28(41)34-13-6-8-23-10-11-25(33)24(16-23)32(44)38-14-7-9-27(38)31(43)35-26/h10-11,16,19,26-27H,6-9,12-15,17-18H2,1-5H3,(H,34,41)(H,35,43)/t26-,27-/m0/s1. The first kappa shape index (κ1) is 32.8. The van der Waals surface area contributed by atoms with Crippen LogP contribution in [-0.4, -0.2) is 87.3 Å². The van der Waals surface area contributed by atoms with E-state index in [1.807, 2.05) is 13.8 Å². The van der Waals surface area contributed by atoms with Crippen LogP contribution in [0.2, 0.25) is 0 Å². The molecule has 0 aliphatic carbocycles. The maximum absolute atomic E-state index is 14.8. The Morgan fingerprint density at radius 3 is 2.57 bits per heavy atom. The van der Waals surface area contributed by atoms with Crippen molar-refractivity contribution in [2.75, 3.05) is 26.2 Å². The molecule has 0 saturated carbocycles. The second kappa shape index (κ2) is 14.1. The zero-order valence-electron chi connectivity index (χ0n) is 26.2. The van der Waals surface area contributed by atoms with Gasteiger partial charge in [0.15, 0.2) is 5.78 Å². The summed E-state index contributed by atoms with van der Waals surface area (Å²) in [5, 5.41) is 10.3. The third-order valence-electron chi connectivity index (χ3n) is 8.55. The molecule has 1 saturated heterocycles. The molecule has 1 aromatic heterocycles. The number of aromatic nitrogens is 2. The quantitative estimate of drug-likeness (QED) is 0.500. The number of nitrogens with zero attached hydrogens (tertiary/aromatic N) is 4. The summed E-state index contributed by atoms with van der Waals surface area (Å²) in [4.78, 5) is 68.5. The number of hydrogen-bond acceptors (Lipinski definition) is 6. The van der Waals surface area contributed by atoms with Gasteiger partial charge in [0.25, 0.3) is 5.91 Å². The van der Waals surface area contributed by atoms with Gasteiger partial charge in [-0.2, -0.15) is 5.10 Å². The van der Waals surface area contributed by atoms with Crippen molar-refractivity contribution in [1.29, 1.82) is 0 Å². The molecule has 2 aromatic rings. The third-order valence-corrected chi connectivity index (χ3v) is 8.55. The van der Waals surface area contributed by atoms with Crippen molar-refractivity contribution in [1.82, 2.24) is 30.2 Å². The molecule has 0 unspecified atom stereocenters. The number of hydrogen-bond donors (Lipinski definition) is 2. The molecule has 2 aliphatic rings. The van der Waals surface area contributed by atoms with Gasteiger partial charge in [0, 0.05) is 44.3 Å². The number of fused-ring (bicyclic) bond motifs is 3. The van der Waals surface area contributed by atoms with E-state index in [-0.39, 0.29) is 61.0 Å². The zero-order chi connectivity index (χ0) is 32.1. The zero-order valence-corrected chi connectivity index (χ0v) is 26.2. The van der Waals surface area contributed by atoms with Crippen LogP contribution < -0.4 is 10.6 Å². The number of carbonyl (C=O) groups is 5. The van der Waals surface area contributed by atoms with Crippen molar-refractivity contribution >= 4 is 29.4 Å². The van der Waals surface area contributed by atoms with Gasteiger partial charge in [0.2, 0.25) is 17.7 Å². The van der Waals surface area contributed by atoms with E-state index in [9.17, 15) is 28.4 Å². The van der Waals surface area contributed by atoms with Crippen LogP contribution in [-0.2, 0) is 27.3 Å². The predicted molar refractivity (Wildman–Crippen MR) is 161 cm³/mol. The first-order valence-electron chi connectivity index (χ1n) is 15.4. The Hall–Kier alpha value is -4.09. The van der Waals surface area contributed by atoms with Gasteiger partial charge in [-0.1, -0.05) is 19.9 Å². The second-order valence-electron chi connectivity index (χ2n) is 12.1. The number of ketones is 1. The molecular formula is C32H43FN6O5. The van der Waals surface area contributed by atoms with Crippen molar-refractivity contribution in [2.24, 2.45) is 5.92 Å². The minimum absolute atomic E-state index is 0.0391. The topological polar surface area (TPSA) is 134 Å². The van der Waals surface area contributed by atoms with E-state index in [2.05, 4.69) is 15.7 Å².